The number of alkyl halides is 3. The van der Waals surface area contributed by atoms with Gasteiger partial charge in [-0.3, -0.25) is 0 Å². The van der Waals surface area contributed by atoms with Crippen LogP contribution >= 0.6 is 58.0 Å². The molecule has 0 aliphatic heterocycles. The first-order valence-corrected chi connectivity index (χ1v) is 8.65. The Labute approximate surface area is 104 Å². The Bertz CT molecular complexity index is 210. The maximum absolute atomic E-state index is 5.60. The number of rotatable bonds is 2. The average molecular weight is 302 g/mol. The lowest BCUT2D eigenvalue weighted by atomic mass is 10.6. The first-order chi connectivity index (χ1) is 5.54. The first-order valence-electron chi connectivity index (χ1n) is 3.35. The van der Waals surface area contributed by atoms with Crippen molar-refractivity contribution in [1.82, 2.24) is 0 Å². The third-order valence-corrected chi connectivity index (χ3v) is 2.51. The van der Waals surface area contributed by atoms with Crippen LogP contribution < -0.4 is 0 Å². The van der Waals surface area contributed by atoms with E-state index in [-0.39, 0.29) is 10.3 Å². The highest BCUT2D eigenvalue weighted by Crippen LogP contribution is 2.40. The van der Waals surface area contributed by atoms with E-state index in [4.69, 9.17) is 62.4 Å². The molecular weight excluding hydrogens is 293 g/mol. The summed E-state index contributed by atoms with van der Waals surface area (Å²) in [5, 5.41) is 0. The van der Waals surface area contributed by atoms with E-state index in [1.807, 2.05) is 19.6 Å². The van der Waals surface area contributed by atoms with E-state index in [0.717, 1.165) is 0 Å². The molecule has 0 aromatic carbocycles. The highest BCUT2D eigenvalue weighted by molar-refractivity contribution is 6.73. The second kappa shape index (κ2) is 4.82. The second-order valence-electron chi connectivity index (χ2n) is 3.30. The van der Waals surface area contributed by atoms with E-state index in [1.165, 1.54) is 0 Å². The standard InChI is InChI=1S/C6H9Cl5OSi/c1-13(2,3)12-4(5(7)8)6(9,10)11/h1-3H3. The normalized spacial score (nSPS) is 12.6. The zero-order valence-electron chi connectivity index (χ0n) is 7.30. The Morgan fingerprint density at radius 1 is 1.08 bits per heavy atom. The summed E-state index contributed by atoms with van der Waals surface area (Å²) in [4.78, 5) is 0. The number of hydrogen-bond acceptors (Lipinski definition) is 1. The van der Waals surface area contributed by atoms with Crippen LogP contribution in [0.5, 0.6) is 0 Å². The zero-order valence-corrected chi connectivity index (χ0v) is 12.1. The van der Waals surface area contributed by atoms with Gasteiger partial charge in [0, 0.05) is 0 Å². The van der Waals surface area contributed by atoms with Gasteiger partial charge in [0.05, 0.1) is 0 Å². The Kier molecular flexibility index (Phi) is 5.27. The van der Waals surface area contributed by atoms with E-state index in [1.54, 1.807) is 0 Å². The van der Waals surface area contributed by atoms with Crippen molar-refractivity contribution in [3.63, 3.8) is 0 Å². The van der Waals surface area contributed by atoms with Crippen LogP contribution in [0.15, 0.2) is 10.3 Å². The Balaban J connectivity index is 4.80. The Morgan fingerprint density at radius 3 is 1.54 bits per heavy atom. The van der Waals surface area contributed by atoms with Gasteiger partial charge in [0.25, 0.3) is 0 Å². The van der Waals surface area contributed by atoms with Gasteiger partial charge in [-0.05, 0) is 19.6 Å². The Morgan fingerprint density at radius 2 is 1.46 bits per heavy atom. The molecule has 0 fully saturated rings. The van der Waals surface area contributed by atoms with Gasteiger partial charge in [-0.2, -0.15) is 0 Å². The molecule has 78 valence electrons. The highest BCUT2D eigenvalue weighted by atomic mass is 35.6. The molecule has 0 saturated heterocycles. The fourth-order valence-electron chi connectivity index (χ4n) is 0.510. The fraction of sp³-hybridized carbons (Fsp3) is 0.667. The van der Waals surface area contributed by atoms with E-state index in [9.17, 15) is 0 Å². The van der Waals surface area contributed by atoms with Crippen LogP contribution in [0.25, 0.3) is 0 Å². The van der Waals surface area contributed by atoms with Crippen LogP contribution in [0.2, 0.25) is 19.6 Å². The van der Waals surface area contributed by atoms with Crippen LogP contribution in [0, 0.1) is 0 Å². The summed E-state index contributed by atoms with van der Waals surface area (Å²) in [6.07, 6.45) is 0. The molecule has 0 unspecified atom stereocenters. The fourth-order valence-corrected chi connectivity index (χ4v) is 2.75. The highest BCUT2D eigenvalue weighted by Gasteiger charge is 2.34. The number of allylic oxidation sites excluding steroid dienone is 1. The van der Waals surface area contributed by atoms with Crippen molar-refractivity contribution in [2.24, 2.45) is 0 Å². The lowest BCUT2D eigenvalue weighted by molar-refractivity contribution is 0.413. The molecule has 0 aromatic heterocycles. The molecule has 0 atom stereocenters. The summed E-state index contributed by atoms with van der Waals surface area (Å²) in [6.45, 7) is 5.79. The van der Waals surface area contributed by atoms with Gasteiger partial charge in [0.15, 0.2) is 5.76 Å². The van der Waals surface area contributed by atoms with Crippen LogP contribution in [-0.2, 0) is 4.43 Å². The molecule has 0 saturated carbocycles. The third-order valence-electron chi connectivity index (χ3n) is 0.837. The van der Waals surface area contributed by atoms with Crippen molar-refractivity contribution in [3.8, 4) is 0 Å². The molecule has 0 bridgehead atoms. The summed E-state index contributed by atoms with van der Waals surface area (Å²) in [5.74, 6) is 0.000000000000000666. The minimum Gasteiger partial charge on any atom is -0.543 e. The quantitative estimate of drug-likeness (QED) is 0.402. The van der Waals surface area contributed by atoms with Crippen molar-refractivity contribution in [1.29, 1.82) is 0 Å². The summed E-state index contributed by atoms with van der Waals surface area (Å²) in [7, 11) is -1.87. The monoisotopic (exact) mass is 300 g/mol. The molecule has 0 aliphatic rings. The van der Waals surface area contributed by atoms with Gasteiger partial charge >= 0.3 is 0 Å². The maximum atomic E-state index is 5.60. The van der Waals surface area contributed by atoms with E-state index >= 15 is 0 Å². The summed E-state index contributed by atoms with van der Waals surface area (Å²) < 4.78 is 3.56. The molecule has 0 spiro atoms. The van der Waals surface area contributed by atoms with Gasteiger partial charge in [-0.25, -0.2) is 0 Å². The third kappa shape index (κ3) is 6.31. The minimum atomic E-state index is -1.87. The van der Waals surface area contributed by atoms with E-state index in [2.05, 4.69) is 0 Å². The summed E-state index contributed by atoms with van der Waals surface area (Å²) in [5.41, 5.74) is 0. The van der Waals surface area contributed by atoms with Gasteiger partial charge in [-0.1, -0.05) is 58.0 Å². The van der Waals surface area contributed by atoms with Crippen LogP contribution in [0.1, 0.15) is 0 Å². The largest absolute Gasteiger partial charge is 0.543 e. The molecule has 0 heterocycles. The predicted octanol–water partition coefficient (Wildman–Crippen LogP) is 4.85. The summed E-state index contributed by atoms with van der Waals surface area (Å²) in [6, 6.07) is 0. The Hall–Kier alpha value is 1.21. The van der Waals surface area contributed by atoms with Crippen molar-refractivity contribution >= 4 is 66.3 Å². The smallest absolute Gasteiger partial charge is 0.248 e. The molecule has 1 nitrogen and oxygen atoms in total. The maximum Gasteiger partial charge on any atom is 0.248 e. The molecular formula is C6H9Cl5OSi. The van der Waals surface area contributed by atoms with Crippen molar-refractivity contribution < 1.29 is 4.43 Å². The van der Waals surface area contributed by atoms with E-state index in [0.29, 0.717) is 0 Å². The van der Waals surface area contributed by atoms with Gasteiger partial charge in [0.1, 0.15) is 4.49 Å². The van der Waals surface area contributed by atoms with Gasteiger partial charge < -0.3 is 4.43 Å². The molecule has 0 aliphatic carbocycles. The average Bonchev–Trinajstić information content (AvgIpc) is 1.77. The lowest BCUT2D eigenvalue weighted by Gasteiger charge is -2.25. The lowest BCUT2D eigenvalue weighted by Crippen LogP contribution is -2.29. The SMILES string of the molecule is C[Si](C)(C)OC(=C(Cl)Cl)C(Cl)(Cl)Cl. The van der Waals surface area contributed by atoms with Crippen LogP contribution in [0.3, 0.4) is 0 Å². The van der Waals surface area contributed by atoms with Crippen molar-refractivity contribution in [2.75, 3.05) is 0 Å². The van der Waals surface area contributed by atoms with Crippen LogP contribution in [0.4, 0.5) is 0 Å². The zero-order chi connectivity index (χ0) is 10.9. The minimum absolute atomic E-state index is 0.000000000000000666. The number of halogens is 5. The van der Waals surface area contributed by atoms with Crippen molar-refractivity contribution in [3.05, 3.63) is 10.3 Å². The predicted molar refractivity (Wildman–Crippen MR) is 63.5 cm³/mol. The molecule has 13 heavy (non-hydrogen) atoms. The summed E-state index contributed by atoms with van der Waals surface area (Å²) >= 11 is 27.9. The first kappa shape index (κ1) is 14.2. The number of hydrogen-bond donors (Lipinski definition) is 0. The van der Waals surface area contributed by atoms with Crippen molar-refractivity contribution in [2.45, 2.75) is 23.4 Å². The van der Waals surface area contributed by atoms with E-state index < -0.39 is 12.1 Å². The molecule has 0 rings (SSSR count). The molecule has 7 heteroatoms. The second-order valence-corrected chi connectivity index (χ2v) is 11.0. The molecule has 0 radical (unpaired) electrons. The van der Waals surface area contributed by atoms with Gasteiger partial charge in [-0.15, -0.1) is 0 Å². The van der Waals surface area contributed by atoms with Crippen LogP contribution in [-0.4, -0.2) is 12.1 Å². The molecule has 0 amide bonds. The topological polar surface area (TPSA) is 9.23 Å². The molecule has 0 N–H and O–H groups in total. The molecule has 0 aromatic rings. The van der Waals surface area contributed by atoms with Gasteiger partial charge in [0.2, 0.25) is 12.1 Å².